The topological polar surface area (TPSA) is 93.7 Å². The normalized spacial score (nSPS) is 16.2. The fourth-order valence-electron chi connectivity index (χ4n) is 3.14. The van der Waals surface area contributed by atoms with Gasteiger partial charge >= 0.3 is 12.3 Å². The number of amides is 2. The van der Waals surface area contributed by atoms with Crippen molar-refractivity contribution in [3.05, 3.63) is 0 Å². The predicted octanol–water partition coefficient (Wildman–Crippen LogP) is 3.50. The zero-order valence-corrected chi connectivity index (χ0v) is 17.9. The van der Waals surface area contributed by atoms with E-state index < -0.39 is 42.9 Å². The van der Waals surface area contributed by atoms with Crippen molar-refractivity contribution in [3.8, 4) is 0 Å². The number of alkyl halides is 3. The Hall–Kier alpha value is -1.84. The third kappa shape index (κ3) is 12.0. The van der Waals surface area contributed by atoms with Crippen LogP contribution < -0.4 is 10.6 Å². The van der Waals surface area contributed by atoms with E-state index in [4.69, 9.17) is 4.74 Å². The summed E-state index contributed by atoms with van der Waals surface area (Å²) < 4.78 is 46.2. The summed E-state index contributed by atoms with van der Waals surface area (Å²) in [5.41, 5.74) is -0.609. The molecule has 1 aliphatic rings. The summed E-state index contributed by atoms with van der Waals surface area (Å²) in [5.74, 6) is -0.996. The van der Waals surface area contributed by atoms with Crippen LogP contribution in [0.4, 0.5) is 18.0 Å². The molecular weight excluding hydrogens is 405 g/mol. The smallest absolute Gasteiger partial charge is 0.411 e. The standard InChI is InChI=1S/C20H33F3N2O5/c1-19(2,3)30-18(28)24-11-7-6-10-15(16(26)12-29-13-20(21,22)23)25-17(27)14-8-4-5-9-14/h14-15H,4-13H2,1-3H3,(H,24,28)(H,25,27). The third-order valence-corrected chi connectivity index (χ3v) is 4.53. The number of carbonyl (C=O) groups excluding carboxylic acids is 3. The second-order valence-electron chi connectivity index (χ2n) is 8.54. The zero-order chi connectivity index (χ0) is 22.8. The van der Waals surface area contributed by atoms with Gasteiger partial charge in [0, 0.05) is 12.5 Å². The molecule has 1 unspecified atom stereocenters. The third-order valence-electron chi connectivity index (χ3n) is 4.53. The van der Waals surface area contributed by atoms with E-state index in [0.717, 1.165) is 25.7 Å². The van der Waals surface area contributed by atoms with Crippen LogP contribution in [0.25, 0.3) is 0 Å². The van der Waals surface area contributed by atoms with E-state index in [0.29, 0.717) is 19.4 Å². The van der Waals surface area contributed by atoms with Crippen molar-refractivity contribution in [2.75, 3.05) is 19.8 Å². The number of ketones is 1. The molecular formula is C20H33F3N2O5. The number of carbonyl (C=O) groups is 3. The van der Waals surface area contributed by atoms with E-state index in [9.17, 15) is 27.6 Å². The maximum atomic E-state index is 12.3. The summed E-state index contributed by atoms with van der Waals surface area (Å²) in [6, 6.07) is -0.909. The molecule has 1 atom stereocenters. The van der Waals surface area contributed by atoms with Gasteiger partial charge in [-0.3, -0.25) is 9.59 Å². The monoisotopic (exact) mass is 438 g/mol. The lowest BCUT2D eigenvalue weighted by Gasteiger charge is -2.21. The number of hydrogen-bond acceptors (Lipinski definition) is 5. The summed E-state index contributed by atoms with van der Waals surface area (Å²) in [5, 5.41) is 5.27. The number of rotatable bonds is 11. The molecule has 0 bridgehead atoms. The molecule has 1 aliphatic carbocycles. The molecule has 0 heterocycles. The second-order valence-corrected chi connectivity index (χ2v) is 8.54. The molecule has 174 valence electrons. The van der Waals surface area contributed by atoms with Crippen LogP contribution in [0.15, 0.2) is 0 Å². The number of halogens is 3. The summed E-state index contributed by atoms with van der Waals surface area (Å²) in [6.45, 7) is 3.33. The molecule has 0 aromatic carbocycles. The van der Waals surface area contributed by atoms with Gasteiger partial charge in [0.1, 0.15) is 18.8 Å². The fourth-order valence-corrected chi connectivity index (χ4v) is 3.14. The molecule has 0 saturated heterocycles. The highest BCUT2D eigenvalue weighted by Gasteiger charge is 2.30. The molecule has 2 amide bonds. The Morgan fingerprint density at radius 2 is 1.70 bits per heavy atom. The van der Waals surface area contributed by atoms with Crippen LogP contribution in [-0.4, -0.2) is 55.4 Å². The van der Waals surface area contributed by atoms with Crippen molar-refractivity contribution >= 4 is 17.8 Å². The van der Waals surface area contributed by atoms with Crippen molar-refractivity contribution < 1.29 is 37.0 Å². The molecule has 1 rings (SSSR count). The first-order valence-electron chi connectivity index (χ1n) is 10.3. The quantitative estimate of drug-likeness (QED) is 0.482. The Morgan fingerprint density at radius 3 is 2.27 bits per heavy atom. The first-order chi connectivity index (χ1) is 13.9. The molecule has 0 radical (unpaired) electrons. The van der Waals surface area contributed by atoms with E-state index in [1.807, 2.05) is 0 Å². The minimum Gasteiger partial charge on any atom is -0.444 e. The number of hydrogen-bond donors (Lipinski definition) is 2. The maximum Gasteiger partial charge on any atom is 0.411 e. The Morgan fingerprint density at radius 1 is 1.07 bits per heavy atom. The van der Waals surface area contributed by atoms with Gasteiger partial charge in [-0.2, -0.15) is 13.2 Å². The Kier molecular flexibility index (Phi) is 10.6. The number of nitrogens with one attached hydrogen (secondary N) is 2. The Labute approximate surface area is 175 Å². The number of unbranched alkanes of at least 4 members (excludes halogenated alkanes) is 1. The van der Waals surface area contributed by atoms with Crippen LogP contribution >= 0.6 is 0 Å². The van der Waals surface area contributed by atoms with Crippen LogP contribution in [-0.2, 0) is 19.1 Å². The van der Waals surface area contributed by atoms with E-state index in [-0.39, 0.29) is 18.2 Å². The Bertz CT molecular complexity index is 570. The lowest BCUT2D eigenvalue weighted by atomic mass is 10.0. The lowest BCUT2D eigenvalue weighted by molar-refractivity contribution is -0.175. The molecule has 1 saturated carbocycles. The van der Waals surface area contributed by atoms with Crippen molar-refractivity contribution in [2.24, 2.45) is 5.92 Å². The van der Waals surface area contributed by atoms with Gasteiger partial charge in [0.25, 0.3) is 0 Å². The molecule has 0 spiro atoms. The van der Waals surface area contributed by atoms with Gasteiger partial charge < -0.3 is 20.1 Å². The van der Waals surface area contributed by atoms with Crippen molar-refractivity contribution in [1.29, 1.82) is 0 Å². The average molecular weight is 438 g/mol. The van der Waals surface area contributed by atoms with E-state index >= 15 is 0 Å². The minimum absolute atomic E-state index is 0.162. The predicted molar refractivity (Wildman–Crippen MR) is 104 cm³/mol. The molecule has 1 fully saturated rings. The van der Waals surface area contributed by atoms with Crippen LogP contribution in [0.2, 0.25) is 0 Å². The molecule has 2 N–H and O–H groups in total. The van der Waals surface area contributed by atoms with Crippen LogP contribution in [0.3, 0.4) is 0 Å². The second kappa shape index (κ2) is 12.1. The zero-order valence-electron chi connectivity index (χ0n) is 17.9. The SMILES string of the molecule is CC(C)(C)OC(=O)NCCCCC(NC(=O)C1CCCC1)C(=O)COCC(F)(F)F. The van der Waals surface area contributed by atoms with E-state index in [1.54, 1.807) is 20.8 Å². The van der Waals surface area contributed by atoms with Crippen LogP contribution in [0.1, 0.15) is 65.7 Å². The summed E-state index contributed by atoms with van der Waals surface area (Å²) in [6.07, 6.45) is -0.427. The van der Waals surface area contributed by atoms with Crippen molar-refractivity contribution in [2.45, 2.75) is 83.5 Å². The maximum absolute atomic E-state index is 12.3. The average Bonchev–Trinajstić information content (AvgIpc) is 3.12. The number of alkyl carbamates (subject to hydrolysis) is 1. The van der Waals surface area contributed by atoms with Crippen molar-refractivity contribution in [3.63, 3.8) is 0 Å². The van der Waals surface area contributed by atoms with Crippen LogP contribution in [0, 0.1) is 5.92 Å². The van der Waals surface area contributed by atoms with Gasteiger partial charge in [0.05, 0.1) is 6.04 Å². The highest BCUT2D eigenvalue weighted by Crippen LogP contribution is 2.25. The number of Topliss-reactive ketones (excluding diaryl/α,β-unsaturated/α-hetero) is 1. The van der Waals surface area contributed by atoms with E-state index in [2.05, 4.69) is 15.4 Å². The summed E-state index contributed by atoms with van der Waals surface area (Å²) >= 11 is 0. The summed E-state index contributed by atoms with van der Waals surface area (Å²) in [4.78, 5) is 36.3. The lowest BCUT2D eigenvalue weighted by Crippen LogP contribution is -2.45. The van der Waals surface area contributed by atoms with Gasteiger partial charge in [-0.1, -0.05) is 12.8 Å². The molecule has 7 nitrogen and oxygen atoms in total. The van der Waals surface area contributed by atoms with Gasteiger partial charge in [0.2, 0.25) is 5.91 Å². The van der Waals surface area contributed by atoms with Crippen molar-refractivity contribution in [1.82, 2.24) is 10.6 Å². The molecule has 10 heteroatoms. The first-order valence-corrected chi connectivity index (χ1v) is 10.3. The highest BCUT2D eigenvalue weighted by molar-refractivity contribution is 5.90. The summed E-state index contributed by atoms with van der Waals surface area (Å²) in [7, 11) is 0. The highest BCUT2D eigenvalue weighted by atomic mass is 19.4. The minimum atomic E-state index is -4.52. The van der Waals surface area contributed by atoms with Gasteiger partial charge in [-0.25, -0.2) is 4.79 Å². The van der Waals surface area contributed by atoms with Crippen LogP contribution in [0.5, 0.6) is 0 Å². The fraction of sp³-hybridized carbons (Fsp3) is 0.850. The van der Waals surface area contributed by atoms with Gasteiger partial charge in [-0.05, 0) is 52.9 Å². The molecule has 0 aliphatic heterocycles. The molecule has 0 aromatic heterocycles. The first kappa shape index (κ1) is 26.2. The van der Waals surface area contributed by atoms with Gasteiger partial charge in [-0.15, -0.1) is 0 Å². The molecule has 0 aromatic rings. The molecule has 30 heavy (non-hydrogen) atoms. The van der Waals surface area contributed by atoms with Gasteiger partial charge in [0.15, 0.2) is 5.78 Å². The largest absolute Gasteiger partial charge is 0.444 e. The van der Waals surface area contributed by atoms with E-state index in [1.165, 1.54) is 0 Å². The Balaban J connectivity index is 2.46. The number of ether oxygens (including phenoxy) is 2.